The maximum absolute atomic E-state index is 11.9. The van der Waals surface area contributed by atoms with Gasteiger partial charge in [-0.25, -0.2) is 4.79 Å². The van der Waals surface area contributed by atoms with Crippen molar-refractivity contribution in [3.05, 3.63) is 35.9 Å². The molecule has 0 amide bonds. The lowest BCUT2D eigenvalue weighted by Crippen LogP contribution is -2.43. The number of rotatable bonds is 5. The molecular weight excluding hydrogens is 214 g/mol. The largest absolute Gasteiger partial charge is 0.464 e. The minimum absolute atomic E-state index is 0.371. The molecule has 94 valence electrons. The molecule has 1 atom stereocenters. The van der Waals surface area contributed by atoms with Gasteiger partial charge in [0.2, 0.25) is 0 Å². The summed E-state index contributed by atoms with van der Waals surface area (Å²) in [4.78, 5) is 11.9. The first-order chi connectivity index (χ1) is 7.94. The van der Waals surface area contributed by atoms with E-state index in [1.807, 2.05) is 30.3 Å². The highest BCUT2D eigenvalue weighted by atomic mass is 16.5. The normalized spacial score (nSPS) is 14.4. The van der Waals surface area contributed by atoms with Crippen molar-refractivity contribution in [1.29, 1.82) is 0 Å². The van der Waals surface area contributed by atoms with Gasteiger partial charge in [-0.3, -0.25) is 0 Å². The van der Waals surface area contributed by atoms with Crippen LogP contribution in [0.5, 0.6) is 0 Å². The molecule has 0 radical (unpaired) electrons. The van der Waals surface area contributed by atoms with E-state index in [9.17, 15) is 4.79 Å². The van der Waals surface area contributed by atoms with E-state index in [2.05, 4.69) is 13.8 Å². The lowest BCUT2D eigenvalue weighted by molar-refractivity contribution is -0.150. The molecule has 0 aromatic heterocycles. The maximum atomic E-state index is 11.9. The molecule has 1 aromatic rings. The molecule has 3 heteroatoms. The topological polar surface area (TPSA) is 52.3 Å². The fraction of sp³-hybridized carbons (Fsp3) is 0.500. The fourth-order valence-electron chi connectivity index (χ4n) is 1.44. The minimum Gasteiger partial charge on any atom is -0.464 e. The van der Waals surface area contributed by atoms with Gasteiger partial charge in [-0.05, 0) is 24.8 Å². The molecule has 0 saturated heterocycles. The number of esters is 1. The Labute approximate surface area is 103 Å². The SMILES string of the molecule is CC(C)CCOC(=O)C(C)(N)c1ccccc1. The number of carbonyl (C=O) groups excluding carboxylic acids is 1. The number of ether oxygens (including phenoxy) is 1. The zero-order valence-electron chi connectivity index (χ0n) is 10.8. The number of carbonyl (C=O) groups is 1. The number of hydrogen-bond acceptors (Lipinski definition) is 3. The molecule has 0 bridgehead atoms. The van der Waals surface area contributed by atoms with E-state index in [4.69, 9.17) is 10.5 Å². The molecule has 1 unspecified atom stereocenters. The second-order valence-corrected chi connectivity index (χ2v) is 4.89. The Bertz CT molecular complexity index is 358. The Balaban J connectivity index is 2.61. The summed E-state index contributed by atoms with van der Waals surface area (Å²) in [5.74, 6) is 0.146. The van der Waals surface area contributed by atoms with Gasteiger partial charge in [0.05, 0.1) is 6.61 Å². The van der Waals surface area contributed by atoms with Crippen LogP contribution in [-0.2, 0) is 15.1 Å². The Morgan fingerprint density at radius 3 is 2.47 bits per heavy atom. The molecule has 0 aliphatic carbocycles. The first-order valence-corrected chi connectivity index (χ1v) is 5.96. The average Bonchev–Trinajstić information content (AvgIpc) is 2.29. The van der Waals surface area contributed by atoms with E-state index >= 15 is 0 Å². The summed E-state index contributed by atoms with van der Waals surface area (Å²) in [6, 6.07) is 9.29. The molecule has 17 heavy (non-hydrogen) atoms. The molecule has 1 rings (SSSR count). The highest BCUT2D eigenvalue weighted by molar-refractivity contribution is 5.81. The number of hydrogen-bond donors (Lipinski definition) is 1. The zero-order chi connectivity index (χ0) is 12.9. The van der Waals surface area contributed by atoms with Gasteiger partial charge in [-0.1, -0.05) is 44.2 Å². The lowest BCUT2D eigenvalue weighted by atomic mass is 9.93. The summed E-state index contributed by atoms with van der Waals surface area (Å²) in [5, 5.41) is 0. The molecule has 0 heterocycles. The third kappa shape index (κ3) is 3.86. The third-order valence-electron chi connectivity index (χ3n) is 2.73. The minimum atomic E-state index is -1.07. The van der Waals surface area contributed by atoms with Crippen LogP contribution in [0.2, 0.25) is 0 Å². The second-order valence-electron chi connectivity index (χ2n) is 4.89. The average molecular weight is 235 g/mol. The molecule has 0 spiro atoms. The van der Waals surface area contributed by atoms with Gasteiger partial charge in [0.15, 0.2) is 0 Å². The lowest BCUT2D eigenvalue weighted by Gasteiger charge is -2.23. The molecule has 1 aromatic carbocycles. The predicted molar refractivity (Wildman–Crippen MR) is 68.4 cm³/mol. The van der Waals surface area contributed by atoms with Crippen LogP contribution in [0.25, 0.3) is 0 Å². The van der Waals surface area contributed by atoms with Crippen LogP contribution in [0.3, 0.4) is 0 Å². The first-order valence-electron chi connectivity index (χ1n) is 5.96. The Hall–Kier alpha value is -1.35. The molecule has 0 aliphatic rings. The molecule has 2 N–H and O–H groups in total. The molecule has 0 saturated carbocycles. The summed E-state index contributed by atoms with van der Waals surface area (Å²) in [5.41, 5.74) is 5.73. The van der Waals surface area contributed by atoms with Crippen molar-refractivity contribution in [3.8, 4) is 0 Å². The third-order valence-corrected chi connectivity index (χ3v) is 2.73. The molecule has 3 nitrogen and oxygen atoms in total. The standard InChI is InChI=1S/C14H21NO2/c1-11(2)9-10-17-13(16)14(3,15)12-7-5-4-6-8-12/h4-8,11H,9-10,15H2,1-3H3. The summed E-state index contributed by atoms with van der Waals surface area (Å²) in [7, 11) is 0. The van der Waals surface area contributed by atoms with Crippen molar-refractivity contribution in [2.75, 3.05) is 6.61 Å². The van der Waals surface area contributed by atoms with Gasteiger partial charge in [0.25, 0.3) is 0 Å². The summed E-state index contributed by atoms with van der Waals surface area (Å²) in [6.07, 6.45) is 0.858. The van der Waals surface area contributed by atoms with Gasteiger partial charge >= 0.3 is 5.97 Å². The maximum Gasteiger partial charge on any atom is 0.330 e. The quantitative estimate of drug-likeness (QED) is 0.797. The summed E-state index contributed by atoms with van der Waals surface area (Å²) >= 11 is 0. The monoisotopic (exact) mass is 235 g/mol. The van der Waals surface area contributed by atoms with Crippen molar-refractivity contribution in [2.45, 2.75) is 32.7 Å². The predicted octanol–water partition coefficient (Wildman–Crippen LogP) is 2.45. The fourth-order valence-corrected chi connectivity index (χ4v) is 1.44. The molecular formula is C14H21NO2. The smallest absolute Gasteiger partial charge is 0.330 e. The molecule has 0 fully saturated rings. The van der Waals surface area contributed by atoms with E-state index in [1.165, 1.54) is 0 Å². The van der Waals surface area contributed by atoms with Gasteiger partial charge in [0.1, 0.15) is 5.54 Å². The van der Waals surface area contributed by atoms with Crippen LogP contribution < -0.4 is 5.73 Å². The number of nitrogens with two attached hydrogens (primary N) is 1. The highest BCUT2D eigenvalue weighted by Gasteiger charge is 2.31. The molecule has 0 aliphatic heterocycles. The Morgan fingerprint density at radius 1 is 1.35 bits per heavy atom. The van der Waals surface area contributed by atoms with E-state index in [0.29, 0.717) is 12.5 Å². The Kier molecular flexibility index (Phi) is 4.70. The van der Waals surface area contributed by atoms with Gasteiger partial charge in [-0.15, -0.1) is 0 Å². The van der Waals surface area contributed by atoms with Gasteiger partial charge in [0, 0.05) is 0 Å². The van der Waals surface area contributed by atoms with E-state index < -0.39 is 5.54 Å². The van der Waals surface area contributed by atoms with Crippen molar-refractivity contribution in [3.63, 3.8) is 0 Å². The summed E-state index contributed by atoms with van der Waals surface area (Å²) < 4.78 is 5.21. The van der Waals surface area contributed by atoms with Crippen LogP contribution in [0, 0.1) is 5.92 Å². The first kappa shape index (κ1) is 13.7. The second kappa shape index (κ2) is 5.82. The number of benzene rings is 1. The zero-order valence-corrected chi connectivity index (χ0v) is 10.8. The van der Waals surface area contributed by atoms with Crippen LogP contribution >= 0.6 is 0 Å². The summed E-state index contributed by atoms with van der Waals surface area (Å²) in [6.45, 7) is 6.29. The van der Waals surface area contributed by atoms with Crippen LogP contribution in [0.4, 0.5) is 0 Å². The van der Waals surface area contributed by atoms with Crippen LogP contribution in [0.1, 0.15) is 32.8 Å². The van der Waals surface area contributed by atoms with Crippen LogP contribution in [0.15, 0.2) is 30.3 Å². The van der Waals surface area contributed by atoms with E-state index in [1.54, 1.807) is 6.92 Å². The van der Waals surface area contributed by atoms with Crippen molar-refractivity contribution >= 4 is 5.97 Å². The van der Waals surface area contributed by atoms with Crippen molar-refractivity contribution < 1.29 is 9.53 Å². The Morgan fingerprint density at radius 2 is 1.94 bits per heavy atom. The van der Waals surface area contributed by atoms with Crippen molar-refractivity contribution in [1.82, 2.24) is 0 Å². The van der Waals surface area contributed by atoms with Crippen LogP contribution in [-0.4, -0.2) is 12.6 Å². The van der Waals surface area contributed by atoms with Gasteiger partial charge in [-0.2, -0.15) is 0 Å². The van der Waals surface area contributed by atoms with Crippen molar-refractivity contribution in [2.24, 2.45) is 11.7 Å². The van der Waals surface area contributed by atoms with E-state index in [0.717, 1.165) is 12.0 Å². The van der Waals surface area contributed by atoms with Gasteiger partial charge < -0.3 is 10.5 Å². The van der Waals surface area contributed by atoms with E-state index in [-0.39, 0.29) is 5.97 Å². The highest BCUT2D eigenvalue weighted by Crippen LogP contribution is 2.19.